The molecule has 0 saturated heterocycles. The highest BCUT2D eigenvalue weighted by atomic mass is 16.7. The fourth-order valence-electron chi connectivity index (χ4n) is 1.80. The van der Waals surface area contributed by atoms with E-state index in [2.05, 4.69) is 9.47 Å². The number of rotatable bonds is 4. The summed E-state index contributed by atoms with van der Waals surface area (Å²) in [6.45, 7) is -0.0689. The second-order valence-corrected chi connectivity index (χ2v) is 4.06. The lowest BCUT2D eigenvalue weighted by atomic mass is 10.1. The van der Waals surface area contributed by atoms with Gasteiger partial charge < -0.3 is 18.9 Å². The Balaban J connectivity index is 2.58. The molecule has 0 aliphatic carbocycles. The summed E-state index contributed by atoms with van der Waals surface area (Å²) in [6.07, 6.45) is 1.01. The Labute approximate surface area is 124 Å². The molecule has 116 valence electrons. The van der Waals surface area contributed by atoms with Crippen molar-refractivity contribution in [2.75, 3.05) is 21.0 Å². The van der Waals surface area contributed by atoms with Gasteiger partial charge in [-0.25, -0.2) is 9.59 Å². The first kappa shape index (κ1) is 15.3. The predicted molar refractivity (Wildman–Crippen MR) is 71.2 cm³/mol. The molecule has 1 aromatic rings. The third kappa shape index (κ3) is 2.82. The monoisotopic (exact) mass is 309 g/mol. The van der Waals surface area contributed by atoms with Crippen LogP contribution in [0.2, 0.25) is 0 Å². The lowest BCUT2D eigenvalue weighted by Gasteiger charge is -2.05. The van der Waals surface area contributed by atoms with Crippen LogP contribution in [0.15, 0.2) is 17.7 Å². The summed E-state index contributed by atoms with van der Waals surface area (Å²) in [5, 5.41) is 11.1. The summed E-state index contributed by atoms with van der Waals surface area (Å²) in [6, 6.07) is 2.45. The van der Waals surface area contributed by atoms with Gasteiger partial charge in [0.1, 0.15) is 5.57 Å². The maximum atomic E-state index is 11.6. The molecule has 0 radical (unpaired) electrons. The molecule has 22 heavy (non-hydrogen) atoms. The van der Waals surface area contributed by atoms with Gasteiger partial charge in [0.15, 0.2) is 11.5 Å². The van der Waals surface area contributed by atoms with Gasteiger partial charge in [0.05, 0.1) is 30.8 Å². The van der Waals surface area contributed by atoms with Gasteiger partial charge in [0.25, 0.3) is 5.69 Å². The van der Waals surface area contributed by atoms with Crippen molar-refractivity contribution in [2.24, 2.45) is 0 Å². The van der Waals surface area contributed by atoms with E-state index in [0.29, 0.717) is 0 Å². The third-order valence-corrected chi connectivity index (χ3v) is 2.83. The van der Waals surface area contributed by atoms with Crippen LogP contribution in [0.25, 0.3) is 6.08 Å². The van der Waals surface area contributed by atoms with Gasteiger partial charge in [-0.05, 0) is 12.1 Å². The number of ether oxygens (including phenoxy) is 4. The van der Waals surface area contributed by atoms with Crippen molar-refractivity contribution in [3.8, 4) is 11.5 Å². The van der Waals surface area contributed by atoms with E-state index in [-0.39, 0.29) is 29.5 Å². The smallest absolute Gasteiger partial charge is 0.345 e. The average Bonchev–Trinajstić information content (AvgIpc) is 2.97. The molecule has 0 bridgehead atoms. The number of hydrogen-bond acceptors (Lipinski definition) is 8. The normalized spacial score (nSPS) is 11.5. The number of nitro groups is 1. The first-order valence-electron chi connectivity index (χ1n) is 5.94. The summed E-state index contributed by atoms with van der Waals surface area (Å²) in [7, 11) is 2.15. The Morgan fingerprint density at radius 1 is 1.18 bits per heavy atom. The zero-order valence-electron chi connectivity index (χ0n) is 11.7. The van der Waals surface area contributed by atoms with Crippen LogP contribution in [-0.4, -0.2) is 37.9 Å². The number of carbonyl (C=O) groups is 2. The van der Waals surface area contributed by atoms with Gasteiger partial charge >= 0.3 is 11.9 Å². The molecule has 1 aliphatic heterocycles. The van der Waals surface area contributed by atoms with Crippen molar-refractivity contribution in [1.29, 1.82) is 0 Å². The van der Waals surface area contributed by atoms with E-state index in [1.165, 1.54) is 6.07 Å². The largest absolute Gasteiger partial charge is 0.465 e. The summed E-state index contributed by atoms with van der Waals surface area (Å²) in [5.74, 6) is -1.47. The minimum atomic E-state index is -0.973. The number of methoxy groups -OCH3 is 2. The average molecular weight is 309 g/mol. The molecular weight excluding hydrogens is 298 g/mol. The molecule has 9 nitrogen and oxygen atoms in total. The zero-order chi connectivity index (χ0) is 16.3. The van der Waals surface area contributed by atoms with Crippen molar-refractivity contribution in [2.45, 2.75) is 0 Å². The number of carbonyl (C=O) groups excluding carboxylic acids is 2. The highest BCUT2D eigenvalue weighted by Crippen LogP contribution is 2.38. The van der Waals surface area contributed by atoms with E-state index in [4.69, 9.17) is 9.47 Å². The van der Waals surface area contributed by atoms with Crippen molar-refractivity contribution >= 4 is 23.7 Å². The molecule has 0 spiro atoms. The Morgan fingerprint density at radius 2 is 1.73 bits per heavy atom. The Kier molecular flexibility index (Phi) is 4.25. The quantitative estimate of drug-likeness (QED) is 0.202. The fraction of sp³-hybridized carbons (Fsp3) is 0.231. The molecule has 1 aromatic carbocycles. The summed E-state index contributed by atoms with van der Waals surface area (Å²) in [5.41, 5.74) is -0.846. The third-order valence-electron chi connectivity index (χ3n) is 2.83. The number of nitrogens with zero attached hydrogens (tertiary/aromatic N) is 1. The number of nitro benzene ring substituents is 1. The fourth-order valence-corrected chi connectivity index (χ4v) is 1.80. The standard InChI is InChI=1S/C13H11NO8/c1-19-12(15)8(13(16)20-2)3-7-4-10-11(22-6-21-10)5-9(7)14(17)18/h3-5H,6H2,1-2H3. The van der Waals surface area contributed by atoms with Crippen molar-refractivity contribution in [3.63, 3.8) is 0 Å². The Morgan fingerprint density at radius 3 is 2.23 bits per heavy atom. The zero-order valence-corrected chi connectivity index (χ0v) is 11.7. The highest BCUT2D eigenvalue weighted by molar-refractivity contribution is 6.17. The van der Waals surface area contributed by atoms with Crippen LogP contribution in [0.3, 0.4) is 0 Å². The van der Waals surface area contributed by atoms with Crippen LogP contribution in [0, 0.1) is 10.1 Å². The summed E-state index contributed by atoms with van der Waals surface area (Å²) in [4.78, 5) is 33.7. The van der Waals surface area contributed by atoms with Gasteiger partial charge in [-0.2, -0.15) is 0 Å². The molecule has 1 heterocycles. The minimum Gasteiger partial charge on any atom is -0.465 e. The number of esters is 2. The van der Waals surface area contributed by atoms with Gasteiger partial charge in [-0.3, -0.25) is 10.1 Å². The van der Waals surface area contributed by atoms with Gasteiger partial charge in [-0.15, -0.1) is 0 Å². The van der Waals surface area contributed by atoms with E-state index in [1.54, 1.807) is 0 Å². The molecule has 2 rings (SSSR count). The highest BCUT2D eigenvalue weighted by Gasteiger charge is 2.26. The second-order valence-electron chi connectivity index (χ2n) is 4.06. The molecule has 0 saturated carbocycles. The minimum absolute atomic E-state index is 0.0138. The number of hydrogen-bond donors (Lipinski definition) is 0. The Hall–Kier alpha value is -3.10. The van der Waals surface area contributed by atoms with Gasteiger partial charge in [0.2, 0.25) is 6.79 Å². The van der Waals surface area contributed by atoms with Crippen LogP contribution in [-0.2, 0) is 19.1 Å². The SMILES string of the molecule is COC(=O)C(=Cc1cc2c(cc1[N+](=O)[O-])OCO2)C(=O)OC. The molecule has 0 unspecified atom stereocenters. The molecule has 0 amide bonds. The van der Waals surface area contributed by atoms with E-state index in [9.17, 15) is 19.7 Å². The number of benzene rings is 1. The molecule has 0 aromatic heterocycles. The topological polar surface area (TPSA) is 114 Å². The van der Waals surface area contributed by atoms with Crippen molar-refractivity contribution in [1.82, 2.24) is 0 Å². The second kappa shape index (κ2) is 6.12. The lowest BCUT2D eigenvalue weighted by molar-refractivity contribution is -0.385. The van der Waals surface area contributed by atoms with Crippen molar-refractivity contribution < 1.29 is 33.5 Å². The first-order chi connectivity index (χ1) is 10.5. The summed E-state index contributed by atoms with van der Waals surface area (Å²) >= 11 is 0. The maximum absolute atomic E-state index is 11.6. The maximum Gasteiger partial charge on any atom is 0.345 e. The van der Waals surface area contributed by atoms with Crippen LogP contribution in [0.1, 0.15) is 5.56 Å². The molecule has 9 heteroatoms. The van der Waals surface area contributed by atoms with E-state index in [1.807, 2.05) is 0 Å². The predicted octanol–water partition coefficient (Wildman–Crippen LogP) is 1.05. The van der Waals surface area contributed by atoms with E-state index >= 15 is 0 Å². The molecule has 1 aliphatic rings. The number of fused-ring (bicyclic) bond motifs is 1. The van der Waals surface area contributed by atoms with Crippen LogP contribution in [0.5, 0.6) is 11.5 Å². The lowest BCUT2D eigenvalue weighted by Crippen LogP contribution is -2.15. The van der Waals surface area contributed by atoms with Gasteiger partial charge in [0, 0.05) is 0 Å². The van der Waals surface area contributed by atoms with E-state index in [0.717, 1.165) is 26.4 Å². The molecule has 0 N–H and O–H groups in total. The molecule has 0 fully saturated rings. The van der Waals surface area contributed by atoms with Crippen molar-refractivity contribution in [3.05, 3.63) is 33.4 Å². The first-order valence-corrected chi connectivity index (χ1v) is 5.94. The molecule has 0 atom stereocenters. The summed E-state index contributed by atoms with van der Waals surface area (Å²) < 4.78 is 19.1. The van der Waals surface area contributed by atoms with Crippen LogP contribution < -0.4 is 9.47 Å². The van der Waals surface area contributed by atoms with Crippen LogP contribution in [0.4, 0.5) is 5.69 Å². The van der Waals surface area contributed by atoms with Gasteiger partial charge in [-0.1, -0.05) is 0 Å². The van der Waals surface area contributed by atoms with E-state index < -0.39 is 22.4 Å². The molecular formula is C13H11NO8. The van der Waals surface area contributed by atoms with Crippen LogP contribution >= 0.6 is 0 Å². The Bertz CT molecular complexity index is 661.